The lowest BCUT2D eigenvalue weighted by atomic mass is 10.2. The number of carboxylic acids is 1. The van der Waals surface area contributed by atoms with Crippen LogP contribution in [0.4, 0.5) is 0 Å². The zero-order valence-corrected chi connectivity index (χ0v) is 9.10. The maximum Gasteiger partial charge on any atom is 0.356 e. The first-order valence-corrected chi connectivity index (χ1v) is 4.93. The highest BCUT2D eigenvalue weighted by atomic mass is 79.9. The van der Waals surface area contributed by atoms with Gasteiger partial charge in [-0.1, -0.05) is 0 Å². The summed E-state index contributed by atoms with van der Waals surface area (Å²) in [6.07, 6.45) is 1.64. The molecule has 2 rings (SSSR count). The van der Waals surface area contributed by atoms with Gasteiger partial charge >= 0.3 is 5.97 Å². The second-order valence-corrected chi connectivity index (χ2v) is 3.92. The first-order chi connectivity index (χ1) is 7.11. The van der Waals surface area contributed by atoms with Crippen molar-refractivity contribution in [2.24, 2.45) is 0 Å². The van der Waals surface area contributed by atoms with Gasteiger partial charge in [-0.15, -0.1) is 0 Å². The Kier molecular flexibility index (Phi) is 2.45. The van der Waals surface area contributed by atoms with Crippen LogP contribution in [0.2, 0.25) is 0 Å². The molecule has 0 unspecified atom stereocenters. The van der Waals surface area contributed by atoms with E-state index in [1.165, 1.54) is 10.6 Å². The number of rotatable bonds is 2. The Balaban J connectivity index is 2.74. The number of carboxylic acid groups (broad SMARTS) is 1. The van der Waals surface area contributed by atoms with E-state index in [-0.39, 0.29) is 12.3 Å². The molecule has 0 aliphatic rings. The van der Waals surface area contributed by atoms with Gasteiger partial charge in [0.05, 0.1) is 12.1 Å². The summed E-state index contributed by atoms with van der Waals surface area (Å²) in [5, 5.41) is 21.7. The molecule has 5 nitrogen and oxygen atoms in total. The predicted molar refractivity (Wildman–Crippen MR) is 55.8 cm³/mol. The quantitative estimate of drug-likeness (QED) is 0.863. The van der Waals surface area contributed by atoms with Crippen LogP contribution < -0.4 is 0 Å². The van der Waals surface area contributed by atoms with Crippen LogP contribution in [-0.2, 0) is 6.61 Å². The van der Waals surface area contributed by atoms with Crippen molar-refractivity contribution in [2.45, 2.75) is 6.61 Å². The summed E-state index contributed by atoms with van der Waals surface area (Å²) in [6.45, 7) is -0.159. The van der Waals surface area contributed by atoms with E-state index in [2.05, 4.69) is 21.0 Å². The van der Waals surface area contributed by atoms with Crippen LogP contribution in [-0.4, -0.2) is 25.8 Å². The lowest BCUT2D eigenvalue weighted by molar-refractivity contribution is 0.0690. The van der Waals surface area contributed by atoms with Gasteiger partial charge in [-0.3, -0.25) is 0 Å². The number of pyridine rings is 1. The van der Waals surface area contributed by atoms with E-state index in [0.717, 1.165) is 4.47 Å². The molecule has 0 radical (unpaired) electrons. The second kappa shape index (κ2) is 3.63. The molecule has 2 N–H and O–H groups in total. The van der Waals surface area contributed by atoms with Gasteiger partial charge in [0, 0.05) is 16.2 Å². The summed E-state index contributed by atoms with van der Waals surface area (Å²) in [5.41, 5.74) is 1.19. The van der Waals surface area contributed by atoms with E-state index in [1.54, 1.807) is 12.3 Å². The minimum Gasteiger partial charge on any atom is -0.476 e. The summed E-state index contributed by atoms with van der Waals surface area (Å²) in [7, 11) is 0. The Labute approximate surface area is 93.1 Å². The van der Waals surface area contributed by atoms with Crippen LogP contribution in [0.25, 0.3) is 5.52 Å². The summed E-state index contributed by atoms with van der Waals surface area (Å²) >= 11 is 3.25. The normalized spacial score (nSPS) is 10.8. The molecule has 0 atom stereocenters. The zero-order valence-electron chi connectivity index (χ0n) is 7.51. The average molecular weight is 271 g/mol. The number of halogens is 1. The minimum atomic E-state index is -1.08. The Hall–Kier alpha value is -1.40. The van der Waals surface area contributed by atoms with Crippen LogP contribution >= 0.6 is 15.9 Å². The molecule has 0 amide bonds. The van der Waals surface area contributed by atoms with Crippen molar-refractivity contribution in [3.05, 3.63) is 34.1 Å². The van der Waals surface area contributed by atoms with Crippen molar-refractivity contribution in [2.75, 3.05) is 0 Å². The van der Waals surface area contributed by atoms with Gasteiger partial charge in [-0.05, 0) is 28.1 Å². The minimum absolute atomic E-state index is 0.0391. The summed E-state index contributed by atoms with van der Waals surface area (Å²) in [4.78, 5) is 10.7. The number of nitrogens with zero attached hydrogens (tertiary/aromatic N) is 2. The SMILES string of the molecule is O=C(O)c1cc2c(CO)cc(Br)cn2n1. The first kappa shape index (κ1) is 10.1. The molecule has 0 spiro atoms. The predicted octanol–water partition coefficient (Wildman–Crippen LogP) is 1.29. The molecule has 2 aromatic rings. The van der Waals surface area contributed by atoms with Crippen LogP contribution in [0.15, 0.2) is 22.8 Å². The number of aromatic nitrogens is 2. The monoisotopic (exact) mass is 270 g/mol. The number of hydrogen-bond donors (Lipinski definition) is 2. The molecule has 2 aromatic heterocycles. The Morgan fingerprint density at radius 2 is 2.27 bits per heavy atom. The summed E-state index contributed by atoms with van der Waals surface area (Å²) in [5.74, 6) is -1.08. The molecule has 78 valence electrons. The smallest absolute Gasteiger partial charge is 0.356 e. The van der Waals surface area contributed by atoms with Gasteiger partial charge in [0.15, 0.2) is 5.69 Å². The Bertz CT molecular complexity index is 535. The molecule has 0 saturated carbocycles. The topological polar surface area (TPSA) is 74.8 Å². The molecule has 0 saturated heterocycles. The summed E-state index contributed by atoms with van der Waals surface area (Å²) < 4.78 is 2.16. The van der Waals surface area contributed by atoms with E-state index in [0.29, 0.717) is 11.1 Å². The molecule has 0 bridgehead atoms. The van der Waals surface area contributed by atoms with Crippen LogP contribution in [0, 0.1) is 0 Å². The van der Waals surface area contributed by atoms with E-state index in [4.69, 9.17) is 10.2 Å². The largest absolute Gasteiger partial charge is 0.476 e. The van der Waals surface area contributed by atoms with E-state index >= 15 is 0 Å². The van der Waals surface area contributed by atoms with E-state index in [9.17, 15) is 4.79 Å². The maximum atomic E-state index is 10.7. The van der Waals surface area contributed by atoms with Gasteiger partial charge in [0.2, 0.25) is 0 Å². The van der Waals surface area contributed by atoms with Crippen molar-refractivity contribution < 1.29 is 15.0 Å². The molecule has 0 aromatic carbocycles. The molecule has 0 aliphatic heterocycles. The third-order valence-electron chi connectivity index (χ3n) is 2.01. The Morgan fingerprint density at radius 1 is 1.53 bits per heavy atom. The fraction of sp³-hybridized carbons (Fsp3) is 0.111. The van der Waals surface area contributed by atoms with E-state index < -0.39 is 5.97 Å². The van der Waals surface area contributed by atoms with E-state index in [1.807, 2.05) is 0 Å². The third-order valence-corrected chi connectivity index (χ3v) is 2.45. The molecule has 0 aliphatic carbocycles. The van der Waals surface area contributed by atoms with Gasteiger partial charge in [0.1, 0.15) is 0 Å². The standard InChI is InChI=1S/C9H7BrN2O3/c10-6-1-5(4-13)8-2-7(9(14)15)11-12(8)3-6/h1-3,13H,4H2,(H,14,15). The molecule has 6 heteroatoms. The zero-order chi connectivity index (χ0) is 11.0. The number of aliphatic hydroxyl groups is 1. The lowest BCUT2D eigenvalue weighted by Crippen LogP contribution is -1.97. The van der Waals surface area contributed by atoms with Crippen molar-refractivity contribution in [1.29, 1.82) is 0 Å². The van der Waals surface area contributed by atoms with Gasteiger partial charge in [-0.25, -0.2) is 9.31 Å². The number of carbonyl (C=O) groups is 1. The lowest BCUT2D eigenvalue weighted by Gasteiger charge is -2.00. The average Bonchev–Trinajstić information content (AvgIpc) is 2.59. The van der Waals surface area contributed by atoms with Gasteiger partial charge in [-0.2, -0.15) is 5.10 Å². The fourth-order valence-electron chi connectivity index (χ4n) is 1.36. The number of hydrogen-bond acceptors (Lipinski definition) is 3. The Morgan fingerprint density at radius 3 is 2.87 bits per heavy atom. The van der Waals surface area contributed by atoms with Crippen molar-refractivity contribution in [3.8, 4) is 0 Å². The molecular weight excluding hydrogens is 264 g/mol. The number of aliphatic hydroxyl groups excluding tert-OH is 1. The maximum absolute atomic E-state index is 10.7. The third kappa shape index (κ3) is 1.73. The number of fused-ring (bicyclic) bond motifs is 1. The van der Waals surface area contributed by atoms with Crippen molar-refractivity contribution in [1.82, 2.24) is 9.61 Å². The second-order valence-electron chi connectivity index (χ2n) is 3.01. The highest BCUT2D eigenvalue weighted by Gasteiger charge is 2.11. The van der Waals surface area contributed by atoms with Crippen LogP contribution in [0.3, 0.4) is 0 Å². The first-order valence-electron chi connectivity index (χ1n) is 4.14. The van der Waals surface area contributed by atoms with Crippen molar-refractivity contribution >= 4 is 27.4 Å². The molecule has 15 heavy (non-hydrogen) atoms. The van der Waals surface area contributed by atoms with Crippen LogP contribution in [0.5, 0.6) is 0 Å². The van der Waals surface area contributed by atoms with Gasteiger partial charge in [0.25, 0.3) is 0 Å². The molecule has 0 fully saturated rings. The highest BCUT2D eigenvalue weighted by molar-refractivity contribution is 9.10. The number of aromatic carboxylic acids is 1. The fourth-order valence-corrected chi connectivity index (χ4v) is 1.83. The van der Waals surface area contributed by atoms with Gasteiger partial charge < -0.3 is 10.2 Å². The molecule has 2 heterocycles. The summed E-state index contributed by atoms with van der Waals surface area (Å²) in [6, 6.07) is 3.16. The molecular formula is C9H7BrN2O3. The highest BCUT2D eigenvalue weighted by Crippen LogP contribution is 2.18. The van der Waals surface area contributed by atoms with Crippen LogP contribution in [0.1, 0.15) is 16.1 Å². The van der Waals surface area contributed by atoms with Crippen molar-refractivity contribution in [3.63, 3.8) is 0 Å².